The lowest BCUT2D eigenvalue weighted by Gasteiger charge is -2.10. The number of nitrogens with zero attached hydrogens (tertiary/aromatic N) is 1. The Morgan fingerprint density at radius 1 is 1.05 bits per heavy atom. The molecule has 0 radical (unpaired) electrons. The number of nitrogens with one attached hydrogen (secondary N) is 1. The second-order valence-electron chi connectivity index (χ2n) is 5.29. The number of hydrogen-bond donors (Lipinski definition) is 2. The molecule has 0 atom stereocenters. The summed E-state index contributed by atoms with van der Waals surface area (Å²) in [4.78, 5) is 0. The van der Waals surface area contributed by atoms with E-state index in [1.54, 1.807) is 6.07 Å². The molecule has 108 valence electrons. The van der Waals surface area contributed by atoms with Crippen molar-refractivity contribution in [2.75, 3.05) is 5.32 Å². The van der Waals surface area contributed by atoms with Crippen molar-refractivity contribution in [1.82, 2.24) is 4.57 Å². The lowest BCUT2D eigenvalue weighted by molar-refractivity contribution is 0.481. The minimum Gasteiger partial charge on any atom is -0.507 e. The van der Waals surface area contributed by atoms with Crippen LogP contribution in [0.5, 0.6) is 5.75 Å². The number of rotatable bonds is 5. The van der Waals surface area contributed by atoms with Gasteiger partial charge in [0.05, 0.1) is 0 Å². The van der Waals surface area contributed by atoms with E-state index in [-0.39, 0.29) is 0 Å². The number of fused-ring (bicyclic) bond motifs is 1. The van der Waals surface area contributed by atoms with Gasteiger partial charge in [-0.15, -0.1) is 0 Å². The molecule has 2 N–H and O–H groups in total. The summed E-state index contributed by atoms with van der Waals surface area (Å²) in [6.07, 6.45) is 5.44. The molecule has 3 heteroatoms. The summed E-state index contributed by atoms with van der Waals surface area (Å²) < 4.78 is 2.21. The van der Waals surface area contributed by atoms with E-state index in [0.29, 0.717) is 5.75 Å². The van der Waals surface area contributed by atoms with Crippen LogP contribution in [0.2, 0.25) is 0 Å². The zero-order valence-corrected chi connectivity index (χ0v) is 12.2. The van der Waals surface area contributed by atoms with Crippen LogP contribution >= 0.6 is 0 Å². The van der Waals surface area contributed by atoms with Gasteiger partial charge in [0.15, 0.2) is 0 Å². The number of aryl methyl sites for hydroxylation is 1. The van der Waals surface area contributed by atoms with Crippen molar-refractivity contribution in [2.45, 2.75) is 26.4 Å². The van der Waals surface area contributed by atoms with E-state index in [1.165, 1.54) is 5.56 Å². The Kier molecular flexibility index (Phi) is 3.82. The normalized spacial score (nSPS) is 10.9. The molecule has 0 unspecified atom stereocenters. The second kappa shape index (κ2) is 5.92. The number of phenolic OH excluding ortho intramolecular Hbond substituents is 1. The number of benzene rings is 2. The molecule has 2 aromatic carbocycles. The highest BCUT2D eigenvalue weighted by atomic mass is 16.3. The van der Waals surface area contributed by atoms with Crippen LogP contribution in [0.3, 0.4) is 0 Å². The van der Waals surface area contributed by atoms with E-state index >= 15 is 0 Å². The molecular weight excluding hydrogens is 260 g/mol. The zero-order chi connectivity index (χ0) is 14.7. The Hall–Kier alpha value is -2.42. The quantitative estimate of drug-likeness (QED) is 0.728. The molecule has 0 spiro atoms. The van der Waals surface area contributed by atoms with Crippen molar-refractivity contribution < 1.29 is 5.11 Å². The van der Waals surface area contributed by atoms with Gasteiger partial charge in [-0.25, -0.2) is 0 Å². The van der Waals surface area contributed by atoms with Crippen molar-refractivity contribution in [2.24, 2.45) is 0 Å². The molecule has 1 aromatic heterocycles. The Bertz CT molecular complexity index is 746. The van der Waals surface area contributed by atoms with Gasteiger partial charge in [0, 0.05) is 41.9 Å². The van der Waals surface area contributed by atoms with Crippen LogP contribution in [0.15, 0.2) is 54.9 Å². The van der Waals surface area contributed by atoms with Crippen LogP contribution in [0, 0.1) is 0 Å². The van der Waals surface area contributed by atoms with Crippen molar-refractivity contribution in [3.63, 3.8) is 0 Å². The monoisotopic (exact) mass is 280 g/mol. The predicted molar refractivity (Wildman–Crippen MR) is 87.7 cm³/mol. The van der Waals surface area contributed by atoms with E-state index in [9.17, 15) is 5.11 Å². The number of hydrogen-bond acceptors (Lipinski definition) is 2. The van der Waals surface area contributed by atoms with Gasteiger partial charge < -0.3 is 15.0 Å². The molecule has 0 amide bonds. The third-order valence-corrected chi connectivity index (χ3v) is 3.68. The maximum absolute atomic E-state index is 9.91. The largest absolute Gasteiger partial charge is 0.507 e. The first-order chi connectivity index (χ1) is 10.3. The third kappa shape index (κ3) is 2.87. The first-order valence-electron chi connectivity index (χ1n) is 7.37. The van der Waals surface area contributed by atoms with Gasteiger partial charge in [0.1, 0.15) is 5.75 Å². The molecule has 0 saturated heterocycles. The Morgan fingerprint density at radius 2 is 1.86 bits per heavy atom. The predicted octanol–water partition coefficient (Wildman–Crippen LogP) is 4.37. The lowest BCUT2D eigenvalue weighted by atomic mass is 10.1. The highest BCUT2D eigenvalue weighted by Gasteiger charge is 2.04. The average molecular weight is 280 g/mol. The van der Waals surface area contributed by atoms with E-state index in [0.717, 1.165) is 36.0 Å². The van der Waals surface area contributed by atoms with Gasteiger partial charge in [-0.3, -0.25) is 0 Å². The van der Waals surface area contributed by atoms with Gasteiger partial charge >= 0.3 is 0 Å². The first-order valence-corrected chi connectivity index (χ1v) is 7.37. The molecular formula is C18H20N2O. The van der Waals surface area contributed by atoms with Gasteiger partial charge in [-0.2, -0.15) is 0 Å². The van der Waals surface area contributed by atoms with E-state index in [2.05, 4.69) is 35.3 Å². The summed E-state index contributed by atoms with van der Waals surface area (Å²) in [5.74, 6) is 0.324. The smallest absolute Gasteiger partial charge is 0.123 e. The third-order valence-electron chi connectivity index (χ3n) is 3.68. The molecule has 3 nitrogen and oxygen atoms in total. The molecule has 0 saturated carbocycles. The summed E-state index contributed by atoms with van der Waals surface area (Å²) in [5.41, 5.74) is 2.31. The summed E-state index contributed by atoms with van der Waals surface area (Å²) >= 11 is 0. The minimum atomic E-state index is 0.324. The molecule has 1 heterocycles. The summed E-state index contributed by atoms with van der Waals surface area (Å²) in [6.45, 7) is 4.02. The van der Waals surface area contributed by atoms with Crippen molar-refractivity contribution in [1.29, 1.82) is 0 Å². The number of phenols is 1. The Balaban J connectivity index is 1.80. The molecule has 21 heavy (non-hydrogen) atoms. The van der Waals surface area contributed by atoms with Crippen LogP contribution in [-0.2, 0) is 13.1 Å². The van der Waals surface area contributed by atoms with Crippen LogP contribution in [-0.4, -0.2) is 9.67 Å². The van der Waals surface area contributed by atoms with Crippen LogP contribution in [0.1, 0.15) is 18.9 Å². The molecule has 0 aliphatic rings. The Labute approximate surface area is 124 Å². The lowest BCUT2D eigenvalue weighted by Crippen LogP contribution is -1.99. The van der Waals surface area contributed by atoms with E-state index < -0.39 is 0 Å². The molecule has 0 bridgehead atoms. The van der Waals surface area contributed by atoms with Gasteiger partial charge in [-0.1, -0.05) is 31.2 Å². The van der Waals surface area contributed by atoms with Crippen LogP contribution < -0.4 is 5.32 Å². The maximum atomic E-state index is 9.91. The second-order valence-corrected chi connectivity index (χ2v) is 5.29. The average Bonchev–Trinajstić information content (AvgIpc) is 2.94. The highest BCUT2D eigenvalue weighted by molar-refractivity contribution is 5.97. The fraction of sp³-hybridized carbons (Fsp3) is 0.222. The van der Waals surface area contributed by atoms with E-state index in [1.807, 2.05) is 30.3 Å². The fourth-order valence-electron chi connectivity index (χ4n) is 2.64. The van der Waals surface area contributed by atoms with Gasteiger partial charge in [-0.05, 0) is 30.2 Å². The molecule has 3 rings (SSSR count). The maximum Gasteiger partial charge on any atom is 0.123 e. The fourth-order valence-corrected chi connectivity index (χ4v) is 2.64. The summed E-state index contributed by atoms with van der Waals surface area (Å²) in [7, 11) is 0. The van der Waals surface area contributed by atoms with Crippen molar-refractivity contribution in [3.8, 4) is 5.75 Å². The Morgan fingerprint density at radius 3 is 2.71 bits per heavy atom. The van der Waals surface area contributed by atoms with Gasteiger partial charge in [0.25, 0.3) is 0 Å². The first kappa shape index (κ1) is 13.6. The van der Waals surface area contributed by atoms with Crippen LogP contribution in [0.25, 0.3) is 10.8 Å². The number of aromatic nitrogens is 1. The molecule has 0 aliphatic carbocycles. The SMILES string of the molecule is CCCn1ccc(CNc2cccc3c(O)cccc23)c1. The summed E-state index contributed by atoms with van der Waals surface area (Å²) in [6, 6.07) is 13.7. The van der Waals surface area contributed by atoms with Crippen molar-refractivity contribution >= 4 is 16.5 Å². The molecule has 0 aliphatic heterocycles. The van der Waals surface area contributed by atoms with Crippen molar-refractivity contribution in [3.05, 3.63) is 60.4 Å². The standard InChI is InChI=1S/C18H20N2O/c1-2-10-20-11-9-14(13-20)12-19-17-7-3-6-16-15(17)5-4-8-18(16)21/h3-9,11,13,19,21H,2,10,12H2,1H3. The molecule has 3 aromatic rings. The number of anilines is 1. The molecule has 0 fully saturated rings. The van der Waals surface area contributed by atoms with Gasteiger partial charge in [0.2, 0.25) is 0 Å². The van der Waals surface area contributed by atoms with E-state index in [4.69, 9.17) is 0 Å². The summed E-state index contributed by atoms with van der Waals surface area (Å²) in [5, 5.41) is 15.3. The zero-order valence-electron chi connectivity index (χ0n) is 12.2. The number of aromatic hydroxyl groups is 1. The highest BCUT2D eigenvalue weighted by Crippen LogP contribution is 2.29. The minimum absolute atomic E-state index is 0.324. The topological polar surface area (TPSA) is 37.2 Å². The van der Waals surface area contributed by atoms with Crippen LogP contribution in [0.4, 0.5) is 5.69 Å².